The number of hydrogen-bond donors (Lipinski definition) is 2. The average Bonchev–Trinajstić information content (AvgIpc) is 3.37. The van der Waals surface area contributed by atoms with Crippen molar-refractivity contribution in [2.75, 3.05) is 0 Å². The first-order chi connectivity index (χ1) is 20.9. The fourth-order valence-corrected chi connectivity index (χ4v) is 5.88. The van der Waals surface area contributed by atoms with Crippen molar-refractivity contribution in [3.63, 3.8) is 0 Å². The summed E-state index contributed by atoms with van der Waals surface area (Å²) in [7, 11) is 0. The monoisotopic (exact) mass is 719 g/mol. The number of rotatable bonds is 9. The largest absolute Gasteiger partial charge is 0.478 e. The van der Waals surface area contributed by atoms with Gasteiger partial charge < -0.3 is 14.9 Å². The van der Waals surface area contributed by atoms with E-state index >= 15 is 0 Å². The second-order valence-corrected chi connectivity index (χ2v) is 11.8. The van der Waals surface area contributed by atoms with Crippen LogP contribution in [-0.4, -0.2) is 31.9 Å². The van der Waals surface area contributed by atoms with Gasteiger partial charge in [0, 0.05) is 15.6 Å². The minimum atomic E-state index is -4.07. The van der Waals surface area contributed by atoms with E-state index in [4.69, 9.17) is 38.1 Å². The lowest BCUT2D eigenvalue weighted by molar-refractivity contribution is -0.166. The minimum absolute atomic E-state index is 0.0711. The van der Waals surface area contributed by atoms with Crippen molar-refractivity contribution in [3.8, 4) is 22.1 Å². The van der Waals surface area contributed by atoms with E-state index < -0.39 is 23.4 Å². The van der Waals surface area contributed by atoms with Crippen LogP contribution in [0.1, 0.15) is 21.5 Å². The Bertz CT molecular complexity index is 1980. The van der Waals surface area contributed by atoms with Gasteiger partial charge in [-0.15, -0.1) is 0 Å². The van der Waals surface area contributed by atoms with Crippen molar-refractivity contribution in [1.29, 1.82) is 0 Å². The Hall–Kier alpha value is -4.10. The van der Waals surface area contributed by atoms with Gasteiger partial charge in [-0.1, -0.05) is 80.8 Å². The molecule has 0 aliphatic carbocycles. The van der Waals surface area contributed by atoms with Crippen molar-refractivity contribution in [2.24, 2.45) is 4.99 Å². The molecule has 0 bridgehead atoms. The highest BCUT2D eigenvalue weighted by Gasteiger charge is 2.42. The van der Waals surface area contributed by atoms with Gasteiger partial charge in [-0.05, 0) is 60.2 Å². The van der Waals surface area contributed by atoms with E-state index in [1.807, 2.05) is 6.07 Å². The zero-order valence-electron chi connectivity index (χ0n) is 22.0. The molecule has 1 aromatic heterocycles. The molecule has 0 aliphatic heterocycles. The molecule has 14 heteroatoms. The number of ether oxygens (including phenoxy) is 1. The van der Waals surface area contributed by atoms with Gasteiger partial charge in [-0.2, -0.15) is 13.9 Å². The van der Waals surface area contributed by atoms with Crippen LogP contribution in [0.4, 0.5) is 14.5 Å². The molecule has 0 unspecified atom stereocenters. The number of carbonyl (C=O) groups is 2. The summed E-state index contributed by atoms with van der Waals surface area (Å²) in [6, 6.07) is 21.8. The lowest BCUT2D eigenvalue weighted by atomic mass is 10.1. The summed E-state index contributed by atoms with van der Waals surface area (Å²) in [6.07, 6.45) is 0. The number of halogens is 5. The maximum absolute atomic E-state index is 14.2. The minimum Gasteiger partial charge on any atom is -0.478 e. The maximum atomic E-state index is 14.2. The van der Waals surface area contributed by atoms with E-state index in [2.05, 4.69) is 20.9 Å². The van der Waals surface area contributed by atoms with Gasteiger partial charge in [0.15, 0.2) is 0 Å². The summed E-state index contributed by atoms with van der Waals surface area (Å²) >= 11 is 16.6. The van der Waals surface area contributed by atoms with Gasteiger partial charge in [-0.3, -0.25) is 0 Å². The Morgan fingerprint density at radius 1 is 0.955 bits per heavy atom. The lowest BCUT2D eigenvalue weighted by Crippen LogP contribution is -2.26. The van der Waals surface area contributed by atoms with Gasteiger partial charge >= 0.3 is 17.9 Å². The van der Waals surface area contributed by atoms with Gasteiger partial charge in [0.05, 0.1) is 27.8 Å². The first kappa shape index (κ1) is 31.3. The molecule has 4 aromatic carbocycles. The number of carboxylic acids is 2. The topological polar surface area (TPSA) is 114 Å². The molecule has 8 nitrogen and oxygen atoms in total. The zero-order chi connectivity index (χ0) is 31.6. The van der Waals surface area contributed by atoms with Crippen LogP contribution in [0.2, 0.25) is 10.0 Å². The number of aliphatic carboxylic acids is 1. The number of nitrogens with zero attached hydrogens (tertiary/aromatic N) is 3. The zero-order valence-corrected chi connectivity index (χ0v) is 26.0. The maximum Gasteiger partial charge on any atom is 0.379 e. The molecule has 224 valence electrons. The number of alkyl halides is 2. The lowest BCUT2D eigenvalue weighted by Gasteiger charge is -2.14. The van der Waals surface area contributed by atoms with Crippen molar-refractivity contribution < 1.29 is 33.3 Å². The summed E-state index contributed by atoms with van der Waals surface area (Å²) in [4.78, 5) is 27.5. The highest BCUT2D eigenvalue weighted by molar-refractivity contribution is 9.10. The van der Waals surface area contributed by atoms with Crippen molar-refractivity contribution >= 4 is 68.1 Å². The number of hydrogen-bond acceptors (Lipinski definition) is 6. The van der Waals surface area contributed by atoms with Crippen LogP contribution in [-0.2, 0) is 17.3 Å². The van der Waals surface area contributed by atoms with Crippen molar-refractivity contribution in [2.45, 2.75) is 12.5 Å². The van der Waals surface area contributed by atoms with Crippen LogP contribution in [0.15, 0.2) is 94.4 Å². The Balaban J connectivity index is 1.53. The van der Waals surface area contributed by atoms with E-state index in [0.29, 0.717) is 48.2 Å². The highest BCUT2D eigenvalue weighted by atomic mass is 79.9. The Labute approximate surface area is 270 Å². The third-order valence-corrected chi connectivity index (χ3v) is 8.51. The number of benzene rings is 4. The van der Waals surface area contributed by atoms with Crippen molar-refractivity contribution in [1.82, 2.24) is 9.78 Å². The molecule has 0 amide bonds. The molecule has 0 aliphatic rings. The third-order valence-electron chi connectivity index (χ3n) is 6.12. The van der Waals surface area contributed by atoms with Gasteiger partial charge in [0.1, 0.15) is 16.5 Å². The first-order valence-electron chi connectivity index (χ1n) is 12.5. The summed E-state index contributed by atoms with van der Waals surface area (Å²) in [5.74, 6) is -6.63. The molecule has 2 N–H and O–H groups in total. The van der Waals surface area contributed by atoms with Crippen LogP contribution >= 0.6 is 50.5 Å². The van der Waals surface area contributed by atoms with E-state index in [1.165, 1.54) is 35.6 Å². The van der Waals surface area contributed by atoms with Crippen LogP contribution < -0.4 is 9.54 Å². The van der Waals surface area contributed by atoms with E-state index in [0.717, 1.165) is 6.07 Å². The SMILES string of the molecule is O=C(O)c1cccc(Oc2cccc(-c3nn(Cc4ccc(C(F)(F)C(=O)O)c(Br)c4)c(=Nc4ccc(Cl)c(Cl)c4)s3)c2)c1. The second kappa shape index (κ2) is 12.9. The van der Waals surface area contributed by atoms with E-state index in [9.17, 15) is 23.5 Å². The summed E-state index contributed by atoms with van der Waals surface area (Å²) in [6.45, 7) is 0.104. The Morgan fingerprint density at radius 2 is 1.68 bits per heavy atom. The smallest absolute Gasteiger partial charge is 0.379 e. The molecule has 0 spiro atoms. The molecule has 0 saturated carbocycles. The van der Waals surface area contributed by atoms with Gasteiger partial charge in [0.2, 0.25) is 4.80 Å². The molecule has 0 fully saturated rings. The summed E-state index contributed by atoms with van der Waals surface area (Å²) < 4.78 is 35.7. The van der Waals surface area contributed by atoms with E-state index in [-0.39, 0.29) is 16.6 Å². The number of aromatic nitrogens is 2. The van der Waals surface area contributed by atoms with Gasteiger partial charge in [-0.25, -0.2) is 19.3 Å². The summed E-state index contributed by atoms with van der Waals surface area (Å²) in [5.41, 5.74) is 1.12. The molecule has 1 heterocycles. The van der Waals surface area contributed by atoms with Gasteiger partial charge in [0.25, 0.3) is 0 Å². The second-order valence-electron chi connectivity index (χ2n) is 9.21. The molecule has 0 radical (unpaired) electrons. The highest BCUT2D eigenvalue weighted by Crippen LogP contribution is 2.35. The fraction of sp³-hybridized carbons (Fsp3) is 0.0667. The van der Waals surface area contributed by atoms with Crippen LogP contribution in [0, 0.1) is 0 Å². The fourth-order valence-electron chi connectivity index (χ4n) is 4.00. The Kier molecular flexibility index (Phi) is 9.16. The quantitative estimate of drug-likeness (QED) is 0.158. The number of aromatic carboxylic acids is 1. The molecule has 0 atom stereocenters. The van der Waals surface area contributed by atoms with Crippen LogP contribution in [0.5, 0.6) is 11.5 Å². The molecule has 0 saturated heterocycles. The normalized spacial score (nSPS) is 11.9. The average molecular weight is 721 g/mol. The molecule has 5 aromatic rings. The summed E-state index contributed by atoms with van der Waals surface area (Å²) in [5, 5.41) is 24.1. The Morgan fingerprint density at radius 3 is 2.36 bits per heavy atom. The standard InChI is InChI=1S/C30H18BrCl2F2N3O5S/c31-23-11-16(7-9-22(23)30(34,35)28(41)42)15-38-29(36-19-8-10-24(32)25(33)14-19)44-26(37-38)17-3-1-5-20(12-17)43-21-6-2-4-18(13-21)27(39)40/h1-14H,15H2,(H,39,40)(H,41,42). The van der Waals surface area contributed by atoms with Crippen LogP contribution in [0.3, 0.4) is 0 Å². The molecular formula is C30H18BrCl2F2N3O5S. The van der Waals surface area contributed by atoms with E-state index in [1.54, 1.807) is 53.2 Å². The molecule has 44 heavy (non-hydrogen) atoms. The van der Waals surface area contributed by atoms with Crippen LogP contribution in [0.25, 0.3) is 10.6 Å². The predicted molar refractivity (Wildman–Crippen MR) is 165 cm³/mol. The predicted octanol–water partition coefficient (Wildman–Crippen LogP) is 8.63. The molecule has 5 rings (SSSR count). The van der Waals surface area contributed by atoms with Crippen molar-refractivity contribution in [3.05, 3.63) is 121 Å². The number of carboxylic acid groups (broad SMARTS) is 2. The third kappa shape index (κ3) is 6.99. The molecular weight excluding hydrogens is 703 g/mol. The first-order valence-corrected chi connectivity index (χ1v) is 14.9.